The third kappa shape index (κ3) is 2.36. The van der Waals surface area contributed by atoms with Crippen LogP contribution < -0.4 is 0 Å². The zero-order valence-electron chi connectivity index (χ0n) is 9.95. The van der Waals surface area contributed by atoms with Crippen LogP contribution in [-0.4, -0.2) is 19.8 Å². The first-order valence-electron chi connectivity index (χ1n) is 5.57. The largest absolute Gasteiger partial charge is 0.418 e. The minimum absolute atomic E-state index is 0.371. The molecule has 96 valence electrons. The van der Waals surface area contributed by atoms with Gasteiger partial charge in [0.25, 0.3) is 5.89 Å². The first kappa shape index (κ1) is 12.3. The van der Waals surface area contributed by atoms with Crippen molar-refractivity contribution in [2.45, 2.75) is 12.3 Å². The number of halogens is 1. The molecule has 0 radical (unpaired) electrons. The highest BCUT2D eigenvalue weighted by molar-refractivity contribution is 7.09. The average Bonchev–Trinajstić information content (AvgIpc) is 3.07. The van der Waals surface area contributed by atoms with Crippen molar-refractivity contribution in [3.8, 4) is 10.8 Å². The molecule has 0 fully saturated rings. The molecule has 0 amide bonds. The number of alkyl halides is 1. The molecule has 1 atom stereocenters. The van der Waals surface area contributed by atoms with Gasteiger partial charge in [0.1, 0.15) is 10.3 Å². The van der Waals surface area contributed by atoms with Crippen molar-refractivity contribution in [1.82, 2.24) is 19.8 Å². The molecule has 2 heterocycles. The van der Waals surface area contributed by atoms with Crippen molar-refractivity contribution in [1.29, 1.82) is 0 Å². The Balaban J connectivity index is 1.92. The highest BCUT2D eigenvalue weighted by Gasteiger charge is 2.20. The highest BCUT2D eigenvalue weighted by Crippen LogP contribution is 2.31. The fraction of sp³-hybridized carbons (Fsp3) is 0.167. The van der Waals surface area contributed by atoms with E-state index in [-0.39, 0.29) is 0 Å². The number of hydrogen-bond donors (Lipinski definition) is 0. The third-order valence-electron chi connectivity index (χ3n) is 2.60. The number of hydrogen-bond acceptors (Lipinski definition) is 6. The maximum atomic E-state index is 6.32. The fourth-order valence-electron chi connectivity index (χ4n) is 1.62. The first-order chi connectivity index (χ1) is 9.25. The van der Waals surface area contributed by atoms with Gasteiger partial charge in [-0.1, -0.05) is 34.8 Å². The average molecular weight is 293 g/mol. The molecule has 5 nitrogen and oxygen atoms in total. The smallest absolute Gasteiger partial charge is 0.261 e. The van der Waals surface area contributed by atoms with Crippen LogP contribution in [0.2, 0.25) is 0 Å². The third-order valence-corrected chi connectivity index (χ3v) is 3.85. The molecule has 0 aliphatic carbocycles. The molecule has 0 aliphatic heterocycles. The van der Waals surface area contributed by atoms with Gasteiger partial charge < -0.3 is 4.42 Å². The van der Waals surface area contributed by atoms with Gasteiger partial charge in [-0.05, 0) is 24.0 Å². The van der Waals surface area contributed by atoms with Crippen LogP contribution in [0, 0.1) is 6.92 Å². The lowest BCUT2D eigenvalue weighted by atomic mass is 10.1. The van der Waals surface area contributed by atoms with Gasteiger partial charge in [-0.2, -0.15) is 0 Å². The number of rotatable bonds is 3. The van der Waals surface area contributed by atoms with E-state index in [1.165, 1.54) is 11.5 Å². The van der Waals surface area contributed by atoms with Crippen molar-refractivity contribution in [3.63, 3.8) is 0 Å². The Morgan fingerprint density at radius 3 is 2.63 bits per heavy atom. The van der Waals surface area contributed by atoms with E-state index in [1.807, 2.05) is 37.3 Å². The summed E-state index contributed by atoms with van der Waals surface area (Å²) < 4.78 is 9.44. The summed E-state index contributed by atoms with van der Waals surface area (Å²) in [6.45, 7) is 1.85. The molecule has 2 aromatic heterocycles. The molecule has 0 saturated carbocycles. The standard InChI is InChI=1S/C12H9ClN4OS/c1-7-10(19-17-14-7)12-16-15-11(18-12)9(13)8-5-3-2-4-6-8/h2-6,9H,1H3. The lowest BCUT2D eigenvalue weighted by Crippen LogP contribution is -1.92. The van der Waals surface area contributed by atoms with Crippen molar-refractivity contribution < 1.29 is 4.42 Å². The normalized spacial score (nSPS) is 12.5. The number of nitrogens with zero attached hydrogens (tertiary/aromatic N) is 4. The van der Waals surface area contributed by atoms with Gasteiger partial charge in [0.2, 0.25) is 5.89 Å². The van der Waals surface area contributed by atoms with Gasteiger partial charge in [-0.15, -0.1) is 26.9 Å². The SMILES string of the molecule is Cc1nnsc1-c1nnc(C(Cl)c2ccccc2)o1. The molecule has 7 heteroatoms. The molecule has 1 unspecified atom stereocenters. The van der Waals surface area contributed by atoms with Crippen LogP contribution >= 0.6 is 23.1 Å². The van der Waals surface area contributed by atoms with E-state index in [0.717, 1.165) is 16.1 Å². The molecular formula is C12H9ClN4OS. The van der Waals surface area contributed by atoms with Gasteiger partial charge in [0.05, 0.1) is 5.69 Å². The van der Waals surface area contributed by atoms with Gasteiger partial charge in [0, 0.05) is 0 Å². The number of aryl methyl sites for hydroxylation is 1. The van der Waals surface area contributed by atoms with Crippen LogP contribution in [-0.2, 0) is 0 Å². The van der Waals surface area contributed by atoms with E-state index in [1.54, 1.807) is 0 Å². The fourth-order valence-corrected chi connectivity index (χ4v) is 2.43. The monoisotopic (exact) mass is 292 g/mol. The molecule has 0 saturated heterocycles. The number of aromatic nitrogens is 4. The Bertz CT molecular complexity index is 682. The molecule has 1 aromatic carbocycles. The molecule has 0 aliphatic rings. The summed E-state index contributed by atoms with van der Waals surface area (Å²) in [4.78, 5) is 0.774. The van der Waals surface area contributed by atoms with E-state index in [2.05, 4.69) is 19.8 Å². The maximum Gasteiger partial charge on any atom is 0.261 e. The molecule has 3 aromatic rings. The zero-order valence-corrected chi connectivity index (χ0v) is 11.5. The molecule has 0 spiro atoms. The van der Waals surface area contributed by atoms with Crippen molar-refractivity contribution in [2.24, 2.45) is 0 Å². The summed E-state index contributed by atoms with van der Waals surface area (Å²) in [5.74, 6) is 0.778. The van der Waals surface area contributed by atoms with Gasteiger partial charge in [-0.25, -0.2) is 0 Å². The Kier molecular flexibility index (Phi) is 3.27. The van der Waals surface area contributed by atoms with Crippen LogP contribution in [0.4, 0.5) is 0 Å². The summed E-state index contributed by atoms with van der Waals surface area (Å²) in [6.07, 6.45) is 0. The predicted molar refractivity (Wildman–Crippen MR) is 72.1 cm³/mol. The van der Waals surface area contributed by atoms with Crippen LogP contribution in [0.15, 0.2) is 34.7 Å². The van der Waals surface area contributed by atoms with E-state index >= 15 is 0 Å². The summed E-state index contributed by atoms with van der Waals surface area (Å²) >= 11 is 7.55. The van der Waals surface area contributed by atoms with Crippen molar-refractivity contribution >= 4 is 23.1 Å². The van der Waals surface area contributed by atoms with Gasteiger partial charge in [0.15, 0.2) is 0 Å². The molecule has 19 heavy (non-hydrogen) atoms. The zero-order chi connectivity index (χ0) is 13.2. The van der Waals surface area contributed by atoms with Crippen molar-refractivity contribution in [2.75, 3.05) is 0 Å². The van der Waals surface area contributed by atoms with Gasteiger partial charge in [-0.3, -0.25) is 0 Å². The highest BCUT2D eigenvalue weighted by atomic mass is 35.5. The van der Waals surface area contributed by atoms with Gasteiger partial charge >= 0.3 is 0 Å². The molecule has 3 rings (SSSR count). The summed E-state index contributed by atoms with van der Waals surface area (Å²) in [6, 6.07) is 9.60. The van der Waals surface area contributed by atoms with Crippen LogP contribution in [0.25, 0.3) is 10.8 Å². The first-order valence-corrected chi connectivity index (χ1v) is 6.78. The van der Waals surface area contributed by atoms with E-state index in [4.69, 9.17) is 16.0 Å². The van der Waals surface area contributed by atoms with Crippen molar-refractivity contribution in [3.05, 3.63) is 47.5 Å². The summed E-state index contributed by atoms with van der Waals surface area (Å²) in [5.41, 5.74) is 1.68. The quantitative estimate of drug-likeness (QED) is 0.694. The van der Waals surface area contributed by atoms with E-state index in [0.29, 0.717) is 11.8 Å². The summed E-state index contributed by atoms with van der Waals surface area (Å²) in [7, 11) is 0. The Morgan fingerprint density at radius 1 is 1.16 bits per heavy atom. The molecule has 0 bridgehead atoms. The second-order valence-corrected chi connectivity index (χ2v) is 5.10. The Hall–Kier alpha value is -1.79. The minimum atomic E-state index is -0.455. The Morgan fingerprint density at radius 2 is 1.95 bits per heavy atom. The second kappa shape index (κ2) is 5.07. The molecule has 0 N–H and O–H groups in total. The Labute approximate surface area is 118 Å². The predicted octanol–water partition coefficient (Wildman–Crippen LogP) is 3.22. The van der Waals surface area contributed by atoms with E-state index < -0.39 is 5.38 Å². The van der Waals surface area contributed by atoms with Crippen LogP contribution in [0.5, 0.6) is 0 Å². The molecular weight excluding hydrogens is 284 g/mol. The minimum Gasteiger partial charge on any atom is -0.418 e. The van der Waals surface area contributed by atoms with Crippen LogP contribution in [0.3, 0.4) is 0 Å². The lowest BCUT2D eigenvalue weighted by molar-refractivity contribution is 0.514. The van der Waals surface area contributed by atoms with E-state index in [9.17, 15) is 0 Å². The van der Waals surface area contributed by atoms with Crippen LogP contribution in [0.1, 0.15) is 22.5 Å². The number of benzene rings is 1. The maximum absolute atomic E-state index is 6.32. The lowest BCUT2D eigenvalue weighted by Gasteiger charge is -2.03. The second-order valence-electron chi connectivity index (χ2n) is 3.91. The summed E-state index contributed by atoms with van der Waals surface area (Å²) in [5, 5.41) is 11.4. The topological polar surface area (TPSA) is 64.7 Å².